The third-order valence-electron chi connectivity index (χ3n) is 5.89. The van der Waals surface area contributed by atoms with Crippen LogP contribution >= 0.6 is 0 Å². The van der Waals surface area contributed by atoms with E-state index in [0.717, 1.165) is 0 Å². The first-order valence-corrected chi connectivity index (χ1v) is 10.7. The van der Waals surface area contributed by atoms with E-state index in [4.69, 9.17) is 32.8 Å². The van der Waals surface area contributed by atoms with Crippen LogP contribution in [0.25, 0.3) is 0 Å². The minimum atomic E-state index is -1.06. The summed E-state index contributed by atoms with van der Waals surface area (Å²) in [6.45, 7) is 1.74. The van der Waals surface area contributed by atoms with Crippen molar-refractivity contribution in [3.05, 3.63) is 63.7 Å². The highest BCUT2D eigenvalue weighted by molar-refractivity contribution is 5.97. The second kappa shape index (κ2) is 8.79. The summed E-state index contributed by atoms with van der Waals surface area (Å²) in [4.78, 5) is 26.3. The van der Waals surface area contributed by atoms with Gasteiger partial charge in [0.25, 0.3) is 5.91 Å². The summed E-state index contributed by atoms with van der Waals surface area (Å²) in [5.74, 6) is 1.72. The van der Waals surface area contributed by atoms with Crippen LogP contribution in [0.2, 0.25) is 0 Å². The van der Waals surface area contributed by atoms with Crippen molar-refractivity contribution in [2.75, 3.05) is 33.4 Å². The molecular weight excluding hydrogens is 458 g/mol. The Morgan fingerprint density at radius 3 is 2.34 bits per heavy atom. The number of aryl methyl sites for hydroxylation is 1. The first-order chi connectivity index (χ1) is 16.9. The molecule has 2 atom stereocenters. The van der Waals surface area contributed by atoms with Crippen LogP contribution in [0.15, 0.2) is 45.6 Å². The van der Waals surface area contributed by atoms with Gasteiger partial charge in [0, 0.05) is 23.9 Å². The molecule has 182 valence electrons. The summed E-state index contributed by atoms with van der Waals surface area (Å²) >= 11 is 0. The van der Waals surface area contributed by atoms with E-state index in [2.05, 4.69) is 5.32 Å². The maximum atomic E-state index is 13.5. The summed E-state index contributed by atoms with van der Waals surface area (Å²) in [5, 5.41) is 2.84. The number of benzene rings is 2. The molecule has 2 aliphatic heterocycles. The lowest BCUT2D eigenvalue weighted by molar-refractivity contribution is -0.122. The molecule has 3 aromatic rings. The Morgan fingerprint density at radius 2 is 1.66 bits per heavy atom. The van der Waals surface area contributed by atoms with Crippen molar-refractivity contribution >= 4 is 11.6 Å². The molecule has 0 bridgehead atoms. The average molecular weight is 481 g/mol. The summed E-state index contributed by atoms with van der Waals surface area (Å²) in [6.07, 6.45) is -1.06. The molecule has 0 saturated heterocycles. The average Bonchev–Trinajstić information content (AvgIpc) is 3.47. The quantitative estimate of drug-likeness (QED) is 0.567. The first kappa shape index (κ1) is 22.5. The second-order valence-electron chi connectivity index (χ2n) is 7.95. The Labute approximate surface area is 200 Å². The van der Waals surface area contributed by atoms with Crippen molar-refractivity contribution in [2.45, 2.75) is 18.9 Å². The fourth-order valence-electron chi connectivity index (χ4n) is 4.35. The van der Waals surface area contributed by atoms with Crippen LogP contribution in [-0.2, 0) is 4.79 Å². The molecule has 1 amide bonds. The van der Waals surface area contributed by atoms with Crippen molar-refractivity contribution in [1.29, 1.82) is 0 Å². The number of nitrogens with one attached hydrogen (secondary N) is 1. The molecule has 0 fully saturated rings. The van der Waals surface area contributed by atoms with Gasteiger partial charge in [0.15, 0.2) is 29.1 Å². The Balaban J connectivity index is 1.54. The molecule has 1 aromatic heterocycles. The smallest absolute Gasteiger partial charge is 0.343 e. The van der Waals surface area contributed by atoms with Gasteiger partial charge >= 0.3 is 5.63 Å². The number of rotatable bonds is 6. The number of fused-ring (bicyclic) bond motifs is 2. The van der Waals surface area contributed by atoms with Crippen LogP contribution in [0.3, 0.4) is 0 Å². The van der Waals surface area contributed by atoms with E-state index in [1.165, 1.54) is 21.3 Å². The summed E-state index contributed by atoms with van der Waals surface area (Å²) in [7, 11) is 4.46. The lowest BCUT2D eigenvalue weighted by Crippen LogP contribution is -2.35. The van der Waals surface area contributed by atoms with Gasteiger partial charge in [-0.05, 0) is 24.6 Å². The van der Waals surface area contributed by atoms with Gasteiger partial charge in [-0.1, -0.05) is 6.07 Å². The van der Waals surface area contributed by atoms with Gasteiger partial charge in [0.2, 0.25) is 12.5 Å². The van der Waals surface area contributed by atoms with Crippen LogP contribution in [0.5, 0.6) is 34.5 Å². The number of carbonyl (C=O) groups excluding carboxylic acids is 1. The van der Waals surface area contributed by atoms with Crippen molar-refractivity contribution in [3.8, 4) is 34.5 Å². The molecule has 0 aliphatic carbocycles. The predicted molar refractivity (Wildman–Crippen MR) is 123 cm³/mol. The van der Waals surface area contributed by atoms with Gasteiger partial charge in [0.05, 0.1) is 32.8 Å². The van der Waals surface area contributed by atoms with E-state index < -0.39 is 23.6 Å². The van der Waals surface area contributed by atoms with Gasteiger partial charge < -0.3 is 38.2 Å². The number of hydrogen-bond donors (Lipinski definition) is 1. The van der Waals surface area contributed by atoms with E-state index in [9.17, 15) is 9.59 Å². The number of ether oxygens (including phenoxy) is 6. The third-order valence-corrected chi connectivity index (χ3v) is 5.89. The van der Waals surface area contributed by atoms with Gasteiger partial charge in [0.1, 0.15) is 11.5 Å². The second-order valence-corrected chi connectivity index (χ2v) is 7.95. The molecular formula is C25H23NO9. The van der Waals surface area contributed by atoms with Crippen LogP contribution in [-0.4, -0.2) is 40.1 Å². The molecule has 0 spiro atoms. The summed E-state index contributed by atoms with van der Waals surface area (Å²) in [6, 6.07) is 10.1. The van der Waals surface area contributed by atoms with Gasteiger partial charge in [-0.25, -0.2) is 4.79 Å². The Bertz CT molecular complexity index is 1340. The highest BCUT2D eigenvalue weighted by atomic mass is 16.7. The normalized spacial score (nSPS) is 17.4. The summed E-state index contributed by atoms with van der Waals surface area (Å²) < 4.78 is 38.3. The maximum Gasteiger partial charge on any atom is 0.343 e. The molecule has 3 heterocycles. The van der Waals surface area contributed by atoms with Gasteiger partial charge in [-0.3, -0.25) is 4.79 Å². The molecule has 1 N–H and O–H groups in total. The van der Waals surface area contributed by atoms with E-state index in [1.807, 2.05) is 0 Å². The molecule has 10 nitrogen and oxygen atoms in total. The zero-order valence-corrected chi connectivity index (χ0v) is 19.5. The van der Waals surface area contributed by atoms with Crippen LogP contribution in [0.4, 0.5) is 5.69 Å². The lowest BCUT2D eigenvalue weighted by atomic mass is 9.88. The maximum absolute atomic E-state index is 13.5. The fraction of sp³-hybridized carbons (Fsp3) is 0.280. The minimum absolute atomic E-state index is 0.100. The van der Waals surface area contributed by atoms with Crippen molar-refractivity contribution in [3.63, 3.8) is 0 Å². The number of amides is 1. The van der Waals surface area contributed by atoms with Gasteiger partial charge in [-0.15, -0.1) is 0 Å². The third kappa shape index (κ3) is 3.86. The highest BCUT2D eigenvalue weighted by Crippen LogP contribution is 2.45. The molecule has 2 aliphatic rings. The topological polar surface area (TPSA) is 115 Å². The van der Waals surface area contributed by atoms with E-state index in [0.29, 0.717) is 51.5 Å². The van der Waals surface area contributed by atoms with Crippen LogP contribution in [0.1, 0.15) is 22.8 Å². The van der Waals surface area contributed by atoms with Crippen molar-refractivity contribution < 1.29 is 37.6 Å². The van der Waals surface area contributed by atoms with Gasteiger partial charge in [-0.2, -0.15) is 0 Å². The molecule has 2 aromatic carbocycles. The predicted octanol–water partition coefficient (Wildman–Crippen LogP) is 3.23. The van der Waals surface area contributed by atoms with Crippen LogP contribution in [0, 0.1) is 6.92 Å². The number of carbonyl (C=O) groups is 1. The lowest BCUT2D eigenvalue weighted by Gasteiger charge is -2.20. The largest absolute Gasteiger partial charge is 0.493 e. The molecule has 10 heteroatoms. The number of methoxy groups -OCH3 is 3. The highest BCUT2D eigenvalue weighted by Gasteiger charge is 2.44. The van der Waals surface area contributed by atoms with Crippen molar-refractivity contribution in [1.82, 2.24) is 0 Å². The molecule has 35 heavy (non-hydrogen) atoms. The Hall–Kier alpha value is -4.34. The molecule has 0 unspecified atom stereocenters. The van der Waals surface area contributed by atoms with E-state index in [1.54, 1.807) is 43.3 Å². The summed E-state index contributed by atoms with van der Waals surface area (Å²) in [5.41, 5.74) is 0.746. The Kier molecular flexibility index (Phi) is 5.64. The standard InChI is InChI=1S/C25H23NO9/c1-12-7-17-21(25(28)34-12)20(13-5-6-15-16(8-13)33-11-32-15)23(35-17)24(27)26-14-9-18(29-2)22(31-4)19(10-14)30-3/h5-10,20,23H,11H2,1-4H3,(H,26,27)/t20-,23+/m0/s1. The molecule has 0 radical (unpaired) electrons. The van der Waals surface area contributed by atoms with E-state index in [-0.39, 0.29) is 12.4 Å². The number of hydrogen-bond acceptors (Lipinski definition) is 9. The zero-order chi connectivity index (χ0) is 24.7. The fourth-order valence-corrected chi connectivity index (χ4v) is 4.35. The first-order valence-electron chi connectivity index (χ1n) is 10.7. The minimum Gasteiger partial charge on any atom is -0.493 e. The van der Waals surface area contributed by atoms with E-state index >= 15 is 0 Å². The monoisotopic (exact) mass is 481 g/mol. The molecule has 5 rings (SSSR count). The molecule has 0 saturated carbocycles. The zero-order valence-electron chi connectivity index (χ0n) is 19.5. The Morgan fingerprint density at radius 1 is 0.943 bits per heavy atom. The SMILES string of the molecule is COc1cc(NC(=O)[C@@H]2Oc3cc(C)oc(=O)c3[C@@H]2c2ccc3c(c2)OCO3)cc(OC)c1OC. The van der Waals surface area contributed by atoms with Crippen LogP contribution < -0.4 is 39.4 Å². The number of anilines is 1. The van der Waals surface area contributed by atoms with Crippen molar-refractivity contribution in [2.24, 2.45) is 0 Å².